The van der Waals surface area contributed by atoms with Crippen molar-refractivity contribution in [1.29, 1.82) is 0 Å². The fourth-order valence-corrected chi connectivity index (χ4v) is 4.14. The smallest absolute Gasteiger partial charge is 0.255 e. The Bertz CT molecular complexity index is 1180. The highest BCUT2D eigenvalue weighted by molar-refractivity contribution is 6.74. The molecule has 3 rings (SSSR count). The first kappa shape index (κ1) is 25.1. The van der Waals surface area contributed by atoms with Crippen molar-refractivity contribution in [3.8, 4) is 17.2 Å². The summed E-state index contributed by atoms with van der Waals surface area (Å²) in [5.74, 6) is -0.242. The molecule has 0 fully saturated rings. The number of likely N-dealkylation sites (N-methyl/N-ethyl adjacent to an activating group) is 1. The zero-order valence-corrected chi connectivity index (χ0v) is 21.7. The van der Waals surface area contributed by atoms with Gasteiger partial charge in [0.25, 0.3) is 5.91 Å². The topological polar surface area (TPSA) is 77.7 Å². The van der Waals surface area contributed by atoms with E-state index in [9.17, 15) is 9.18 Å². The fourth-order valence-electron chi connectivity index (χ4n) is 2.92. The van der Waals surface area contributed by atoms with Gasteiger partial charge in [0.1, 0.15) is 22.0 Å². The van der Waals surface area contributed by atoms with Crippen LogP contribution < -0.4 is 4.74 Å². The zero-order valence-electron chi connectivity index (χ0n) is 20.0. The summed E-state index contributed by atoms with van der Waals surface area (Å²) in [6.45, 7) is 11.8. The molecule has 0 saturated carbocycles. The van der Waals surface area contributed by atoms with Crippen LogP contribution in [-0.2, 0) is 4.43 Å². The van der Waals surface area contributed by atoms with Crippen LogP contribution in [0.1, 0.15) is 31.1 Å². The number of nitrogens with zero attached hydrogens (tertiary/aromatic N) is 3. The van der Waals surface area contributed by atoms with Crippen molar-refractivity contribution in [2.75, 3.05) is 27.3 Å². The number of methoxy groups -OCH3 is 1. The molecule has 3 aromatic rings. The number of ether oxygens (including phenoxy) is 1. The van der Waals surface area contributed by atoms with Crippen molar-refractivity contribution in [2.24, 2.45) is 0 Å². The molecule has 1 amide bonds. The molecule has 3 aromatic heterocycles. The van der Waals surface area contributed by atoms with Gasteiger partial charge in [0, 0.05) is 25.9 Å². The second kappa shape index (κ2) is 9.40. The van der Waals surface area contributed by atoms with E-state index in [0.717, 1.165) is 6.20 Å². The highest BCUT2D eigenvalue weighted by Crippen LogP contribution is 2.37. The lowest BCUT2D eigenvalue weighted by Gasteiger charge is -2.36. The zero-order chi connectivity index (χ0) is 24.6. The van der Waals surface area contributed by atoms with Crippen LogP contribution in [0.15, 0.2) is 28.9 Å². The number of halogens is 2. The molecular weight excluding hydrogens is 465 g/mol. The molecule has 10 heteroatoms. The minimum atomic E-state index is -1.89. The van der Waals surface area contributed by atoms with Crippen molar-refractivity contribution in [2.45, 2.75) is 38.9 Å². The number of aromatic nitrogens is 2. The summed E-state index contributed by atoms with van der Waals surface area (Å²) in [7, 11) is 1.31. The van der Waals surface area contributed by atoms with E-state index in [0.29, 0.717) is 41.4 Å². The Morgan fingerprint density at radius 2 is 1.94 bits per heavy atom. The van der Waals surface area contributed by atoms with Gasteiger partial charge in [0.05, 0.1) is 25.5 Å². The average Bonchev–Trinajstić information content (AvgIpc) is 3.19. The molecule has 0 aliphatic heterocycles. The highest BCUT2D eigenvalue weighted by atomic mass is 35.5. The number of hydrogen-bond acceptors (Lipinski definition) is 6. The lowest BCUT2D eigenvalue weighted by atomic mass is 10.2. The molecule has 0 aliphatic rings. The van der Waals surface area contributed by atoms with Crippen LogP contribution in [0.4, 0.5) is 4.39 Å². The van der Waals surface area contributed by atoms with E-state index in [4.69, 9.17) is 25.2 Å². The Balaban J connectivity index is 1.78. The maximum absolute atomic E-state index is 13.7. The Hall–Kier alpha value is -2.49. The van der Waals surface area contributed by atoms with Crippen LogP contribution >= 0.6 is 11.6 Å². The summed E-state index contributed by atoms with van der Waals surface area (Å²) < 4.78 is 31.0. The SMILES string of the molecule is COc1cc(C(=O)N(C)CCO[Si](C)(C)C(C)(C)C)cnc1-c1cc2ncc(F)c(Cl)c2o1. The molecule has 0 aromatic carbocycles. The Morgan fingerprint density at radius 3 is 2.58 bits per heavy atom. The minimum Gasteiger partial charge on any atom is -0.494 e. The van der Waals surface area contributed by atoms with Gasteiger partial charge in [-0.1, -0.05) is 32.4 Å². The van der Waals surface area contributed by atoms with Crippen LogP contribution in [0.5, 0.6) is 5.75 Å². The third-order valence-electron chi connectivity index (χ3n) is 6.03. The summed E-state index contributed by atoms with van der Waals surface area (Å²) in [4.78, 5) is 22.9. The van der Waals surface area contributed by atoms with Crippen molar-refractivity contribution in [3.63, 3.8) is 0 Å². The lowest BCUT2D eigenvalue weighted by molar-refractivity contribution is 0.0769. The quantitative estimate of drug-likeness (QED) is 0.388. The van der Waals surface area contributed by atoms with Gasteiger partial charge in [-0.25, -0.2) is 14.4 Å². The number of furan rings is 1. The number of fused-ring (bicyclic) bond motifs is 1. The van der Waals surface area contributed by atoms with Gasteiger partial charge >= 0.3 is 0 Å². The number of carbonyl (C=O) groups is 1. The first-order chi connectivity index (χ1) is 15.4. The predicted molar refractivity (Wildman–Crippen MR) is 129 cm³/mol. The number of rotatable bonds is 7. The molecule has 0 saturated heterocycles. The Morgan fingerprint density at radius 1 is 1.24 bits per heavy atom. The van der Waals surface area contributed by atoms with E-state index >= 15 is 0 Å². The third kappa shape index (κ3) is 5.20. The molecular formula is C23H29ClFN3O4Si. The largest absolute Gasteiger partial charge is 0.494 e. The van der Waals surface area contributed by atoms with Crippen molar-refractivity contribution in [1.82, 2.24) is 14.9 Å². The molecule has 7 nitrogen and oxygen atoms in total. The minimum absolute atomic E-state index is 0.102. The molecule has 0 aliphatic carbocycles. The lowest BCUT2D eigenvalue weighted by Crippen LogP contribution is -2.43. The van der Waals surface area contributed by atoms with Gasteiger partial charge in [-0.15, -0.1) is 0 Å². The van der Waals surface area contributed by atoms with Crippen molar-refractivity contribution < 1.29 is 22.8 Å². The molecule has 0 unspecified atom stereocenters. The molecule has 178 valence electrons. The average molecular weight is 494 g/mol. The Kier molecular flexibility index (Phi) is 7.16. The monoisotopic (exact) mass is 493 g/mol. The van der Waals surface area contributed by atoms with E-state index in [-0.39, 0.29) is 21.6 Å². The van der Waals surface area contributed by atoms with E-state index in [1.165, 1.54) is 13.3 Å². The van der Waals surface area contributed by atoms with E-state index in [1.54, 1.807) is 24.1 Å². The molecule has 3 heterocycles. The normalized spacial score (nSPS) is 12.3. The fraction of sp³-hybridized carbons (Fsp3) is 0.435. The van der Waals surface area contributed by atoms with Gasteiger partial charge in [-0.3, -0.25) is 4.79 Å². The molecule has 0 N–H and O–H groups in total. The number of pyridine rings is 2. The number of amides is 1. The standard InChI is InChI=1S/C23H29ClFN3O4Si/c1-23(2,3)33(6,7)31-9-8-28(4)22(29)14-10-17(30-5)20(27-12-14)18-11-16-21(32-18)19(24)15(25)13-26-16/h10-13H,8-9H2,1-7H3. The van der Waals surface area contributed by atoms with Crippen LogP contribution in [0.25, 0.3) is 22.6 Å². The summed E-state index contributed by atoms with van der Waals surface area (Å²) in [5, 5.41) is -0.0521. The second-order valence-electron chi connectivity index (χ2n) is 9.36. The molecule has 33 heavy (non-hydrogen) atoms. The molecule has 0 spiro atoms. The van der Waals surface area contributed by atoms with Crippen LogP contribution in [-0.4, -0.2) is 56.4 Å². The maximum Gasteiger partial charge on any atom is 0.255 e. The van der Waals surface area contributed by atoms with Crippen molar-refractivity contribution >= 4 is 36.9 Å². The van der Waals surface area contributed by atoms with Crippen LogP contribution in [0, 0.1) is 5.82 Å². The van der Waals surface area contributed by atoms with E-state index in [1.807, 2.05) is 0 Å². The van der Waals surface area contributed by atoms with E-state index < -0.39 is 14.1 Å². The molecule has 0 atom stereocenters. The van der Waals surface area contributed by atoms with E-state index in [2.05, 4.69) is 43.8 Å². The summed E-state index contributed by atoms with van der Waals surface area (Å²) >= 11 is 5.98. The molecule has 0 bridgehead atoms. The maximum atomic E-state index is 13.7. The summed E-state index contributed by atoms with van der Waals surface area (Å²) in [6.07, 6.45) is 2.48. The Labute approximate surface area is 199 Å². The first-order valence-electron chi connectivity index (χ1n) is 10.5. The van der Waals surface area contributed by atoms with Gasteiger partial charge in [-0.05, 0) is 24.2 Å². The predicted octanol–water partition coefficient (Wildman–Crippen LogP) is 5.78. The van der Waals surface area contributed by atoms with Gasteiger partial charge < -0.3 is 18.5 Å². The molecule has 0 radical (unpaired) electrons. The van der Waals surface area contributed by atoms with Crippen molar-refractivity contribution in [3.05, 3.63) is 40.9 Å². The first-order valence-corrected chi connectivity index (χ1v) is 13.8. The summed E-state index contributed by atoms with van der Waals surface area (Å²) in [6, 6.07) is 3.19. The second-order valence-corrected chi connectivity index (χ2v) is 14.5. The van der Waals surface area contributed by atoms with Gasteiger partial charge in [-0.2, -0.15) is 0 Å². The van der Waals surface area contributed by atoms with Gasteiger partial charge in [0.15, 0.2) is 25.5 Å². The highest BCUT2D eigenvalue weighted by Gasteiger charge is 2.37. The van der Waals surface area contributed by atoms with Crippen LogP contribution in [0.2, 0.25) is 23.2 Å². The van der Waals surface area contributed by atoms with Crippen LogP contribution in [0.3, 0.4) is 0 Å². The van der Waals surface area contributed by atoms with Gasteiger partial charge in [0.2, 0.25) is 0 Å². The summed E-state index contributed by atoms with van der Waals surface area (Å²) in [5.41, 5.74) is 1.23. The third-order valence-corrected chi connectivity index (χ3v) is 10.9. The number of carbonyl (C=O) groups excluding carboxylic acids is 1. The number of hydrogen-bond donors (Lipinski definition) is 0.